The number of rotatable bonds is 6. The monoisotopic (exact) mass is 397 g/mol. The second-order valence-corrected chi connectivity index (χ2v) is 7.39. The molecular formula is C25H23N3O2. The second kappa shape index (κ2) is 8.74. The molecular weight excluding hydrogens is 374 g/mol. The minimum Gasteiger partial charge on any atom is -0.350 e. The summed E-state index contributed by atoms with van der Waals surface area (Å²) in [7, 11) is 0. The summed E-state index contributed by atoms with van der Waals surface area (Å²) in [4.78, 5) is 19.3. The van der Waals surface area contributed by atoms with E-state index in [1.165, 1.54) is 5.56 Å². The molecule has 0 aliphatic heterocycles. The topological polar surface area (TPSA) is 59.2 Å². The number of carbonyl (C=O) groups is 1. The Hall–Kier alpha value is -3.73. The number of nitrogens with zero attached hydrogens (tertiary/aromatic N) is 3. The largest absolute Gasteiger partial charge is 0.350 e. The van der Waals surface area contributed by atoms with Crippen LogP contribution in [0.25, 0.3) is 11.3 Å². The molecule has 30 heavy (non-hydrogen) atoms. The van der Waals surface area contributed by atoms with Crippen LogP contribution in [0.5, 0.6) is 0 Å². The van der Waals surface area contributed by atoms with E-state index in [2.05, 4.69) is 10.1 Å². The van der Waals surface area contributed by atoms with Crippen LogP contribution in [0.2, 0.25) is 0 Å². The first-order valence-corrected chi connectivity index (χ1v) is 9.86. The third kappa shape index (κ3) is 4.46. The predicted octanol–water partition coefficient (Wildman–Crippen LogP) is 5.20. The first kappa shape index (κ1) is 19.6. The van der Waals surface area contributed by atoms with Crippen molar-refractivity contribution in [2.45, 2.75) is 26.9 Å². The number of hydrogen-bond donors (Lipinski definition) is 0. The van der Waals surface area contributed by atoms with Crippen molar-refractivity contribution in [3.8, 4) is 11.3 Å². The smallest absolute Gasteiger partial charge is 0.293 e. The fourth-order valence-corrected chi connectivity index (χ4v) is 3.30. The van der Waals surface area contributed by atoms with E-state index in [-0.39, 0.29) is 11.7 Å². The van der Waals surface area contributed by atoms with Crippen LogP contribution in [-0.2, 0) is 13.1 Å². The van der Waals surface area contributed by atoms with E-state index in [9.17, 15) is 4.79 Å². The summed E-state index contributed by atoms with van der Waals surface area (Å²) < 4.78 is 5.44. The maximum atomic E-state index is 13.3. The fourth-order valence-electron chi connectivity index (χ4n) is 3.30. The van der Waals surface area contributed by atoms with E-state index >= 15 is 0 Å². The van der Waals surface area contributed by atoms with Gasteiger partial charge in [0.25, 0.3) is 5.91 Å². The lowest BCUT2D eigenvalue weighted by Gasteiger charge is -2.22. The molecule has 2 aromatic heterocycles. The minimum atomic E-state index is -0.201. The Balaban J connectivity index is 1.62. The number of pyridine rings is 1. The molecule has 2 heterocycles. The lowest BCUT2D eigenvalue weighted by molar-refractivity contribution is 0.0687. The van der Waals surface area contributed by atoms with Gasteiger partial charge >= 0.3 is 0 Å². The number of aromatic nitrogens is 2. The van der Waals surface area contributed by atoms with Gasteiger partial charge < -0.3 is 9.42 Å². The lowest BCUT2D eigenvalue weighted by Crippen LogP contribution is -2.30. The summed E-state index contributed by atoms with van der Waals surface area (Å²) >= 11 is 0. The summed E-state index contributed by atoms with van der Waals surface area (Å²) in [6, 6.07) is 21.6. The second-order valence-electron chi connectivity index (χ2n) is 7.39. The summed E-state index contributed by atoms with van der Waals surface area (Å²) in [6.07, 6.45) is 3.50. The molecule has 0 fully saturated rings. The number of benzene rings is 2. The van der Waals surface area contributed by atoms with Crippen molar-refractivity contribution in [2.75, 3.05) is 0 Å². The van der Waals surface area contributed by atoms with Crippen LogP contribution in [0, 0.1) is 13.8 Å². The lowest BCUT2D eigenvalue weighted by atomic mass is 10.1. The molecule has 5 nitrogen and oxygen atoms in total. The van der Waals surface area contributed by atoms with Gasteiger partial charge in [-0.15, -0.1) is 0 Å². The molecule has 5 heteroatoms. The predicted molar refractivity (Wildman–Crippen MR) is 116 cm³/mol. The zero-order chi connectivity index (χ0) is 20.9. The first-order valence-electron chi connectivity index (χ1n) is 9.86. The van der Waals surface area contributed by atoms with Gasteiger partial charge in [-0.2, -0.15) is 0 Å². The molecule has 4 aromatic rings. The maximum absolute atomic E-state index is 13.3. The fraction of sp³-hybridized carbons (Fsp3) is 0.160. The van der Waals surface area contributed by atoms with E-state index in [0.29, 0.717) is 18.8 Å². The van der Waals surface area contributed by atoms with Crippen LogP contribution in [-0.4, -0.2) is 20.9 Å². The Morgan fingerprint density at radius 3 is 2.50 bits per heavy atom. The molecule has 0 saturated heterocycles. The zero-order valence-electron chi connectivity index (χ0n) is 17.1. The Morgan fingerprint density at radius 1 is 0.967 bits per heavy atom. The quantitative estimate of drug-likeness (QED) is 0.449. The Labute approximate surface area is 176 Å². The molecule has 0 aliphatic rings. The number of carbonyl (C=O) groups excluding carboxylic acids is 1. The van der Waals surface area contributed by atoms with E-state index in [1.807, 2.05) is 74.5 Å². The Bertz CT molecular complexity index is 1130. The average molecular weight is 397 g/mol. The van der Waals surface area contributed by atoms with Crippen molar-refractivity contribution >= 4 is 5.91 Å². The van der Waals surface area contributed by atoms with Crippen molar-refractivity contribution in [1.82, 2.24) is 15.0 Å². The summed E-state index contributed by atoms with van der Waals surface area (Å²) in [5.41, 5.74) is 5.92. The van der Waals surface area contributed by atoms with Crippen LogP contribution < -0.4 is 0 Å². The van der Waals surface area contributed by atoms with Gasteiger partial charge in [0.2, 0.25) is 5.76 Å². The summed E-state index contributed by atoms with van der Waals surface area (Å²) in [5.74, 6) is 0.0241. The van der Waals surface area contributed by atoms with Crippen molar-refractivity contribution < 1.29 is 9.32 Å². The van der Waals surface area contributed by atoms with Gasteiger partial charge in [0.1, 0.15) is 5.69 Å². The molecule has 0 N–H and O–H groups in total. The van der Waals surface area contributed by atoms with Crippen LogP contribution in [0.3, 0.4) is 0 Å². The molecule has 2 aromatic carbocycles. The molecule has 0 spiro atoms. The highest BCUT2D eigenvalue weighted by Gasteiger charge is 2.22. The van der Waals surface area contributed by atoms with Crippen molar-refractivity contribution in [3.63, 3.8) is 0 Å². The van der Waals surface area contributed by atoms with E-state index in [0.717, 1.165) is 22.3 Å². The van der Waals surface area contributed by atoms with Crippen molar-refractivity contribution in [2.24, 2.45) is 0 Å². The normalized spacial score (nSPS) is 10.7. The molecule has 1 amide bonds. The zero-order valence-corrected chi connectivity index (χ0v) is 17.1. The summed E-state index contributed by atoms with van der Waals surface area (Å²) in [6.45, 7) is 4.98. The average Bonchev–Trinajstić information content (AvgIpc) is 3.26. The molecule has 150 valence electrons. The van der Waals surface area contributed by atoms with Crippen molar-refractivity contribution in [3.05, 3.63) is 107 Å². The van der Waals surface area contributed by atoms with E-state index in [1.54, 1.807) is 23.4 Å². The van der Waals surface area contributed by atoms with Gasteiger partial charge in [-0.3, -0.25) is 9.78 Å². The molecule has 0 unspecified atom stereocenters. The van der Waals surface area contributed by atoms with Crippen LogP contribution in [0.15, 0.2) is 83.6 Å². The highest BCUT2D eigenvalue weighted by atomic mass is 16.5. The van der Waals surface area contributed by atoms with Gasteiger partial charge in [-0.05, 0) is 36.6 Å². The molecule has 0 bridgehead atoms. The van der Waals surface area contributed by atoms with Gasteiger partial charge in [-0.1, -0.05) is 65.3 Å². The van der Waals surface area contributed by atoms with E-state index in [4.69, 9.17) is 4.52 Å². The Kier molecular flexibility index (Phi) is 5.70. The standard InChI is InChI=1S/C25H23N3O2/c1-18-9-11-21(12-10-18)23-14-24(30-27-23)25(29)28(16-20-7-5-13-26-15-20)17-22-8-4-3-6-19(22)2/h3-15H,16-17H2,1-2H3. The molecule has 0 saturated carbocycles. The van der Waals surface area contributed by atoms with Crippen LogP contribution >= 0.6 is 0 Å². The number of hydrogen-bond acceptors (Lipinski definition) is 4. The van der Waals surface area contributed by atoms with Gasteiger partial charge in [0.05, 0.1) is 0 Å². The first-order chi connectivity index (χ1) is 14.6. The number of aryl methyl sites for hydroxylation is 2. The SMILES string of the molecule is Cc1ccc(-c2cc(C(=O)N(Cc3cccnc3)Cc3ccccc3C)on2)cc1. The molecule has 0 radical (unpaired) electrons. The summed E-state index contributed by atoms with van der Waals surface area (Å²) in [5, 5.41) is 4.12. The molecule has 0 aliphatic carbocycles. The highest BCUT2D eigenvalue weighted by molar-refractivity contribution is 5.92. The van der Waals surface area contributed by atoms with E-state index < -0.39 is 0 Å². The number of amides is 1. The van der Waals surface area contributed by atoms with Crippen LogP contribution in [0.1, 0.15) is 32.8 Å². The third-order valence-electron chi connectivity index (χ3n) is 5.07. The minimum absolute atomic E-state index is 0.201. The van der Waals surface area contributed by atoms with Gasteiger partial charge in [-0.25, -0.2) is 0 Å². The molecule has 4 rings (SSSR count). The Morgan fingerprint density at radius 2 is 1.77 bits per heavy atom. The van der Waals surface area contributed by atoms with Crippen molar-refractivity contribution in [1.29, 1.82) is 0 Å². The van der Waals surface area contributed by atoms with Gasteiger partial charge in [0.15, 0.2) is 0 Å². The third-order valence-corrected chi connectivity index (χ3v) is 5.07. The van der Waals surface area contributed by atoms with Crippen LogP contribution in [0.4, 0.5) is 0 Å². The van der Waals surface area contributed by atoms with Gasteiger partial charge in [0, 0.05) is 37.1 Å². The maximum Gasteiger partial charge on any atom is 0.293 e. The highest BCUT2D eigenvalue weighted by Crippen LogP contribution is 2.22. The molecule has 0 atom stereocenters.